The van der Waals surface area contributed by atoms with Gasteiger partial charge in [-0.3, -0.25) is 10.2 Å². The second-order valence-corrected chi connectivity index (χ2v) is 4.89. The van der Waals surface area contributed by atoms with Gasteiger partial charge in [0.2, 0.25) is 5.91 Å². The maximum absolute atomic E-state index is 10.8. The van der Waals surface area contributed by atoms with E-state index in [1.165, 1.54) is 0 Å². The molecule has 14 heavy (non-hydrogen) atoms. The van der Waals surface area contributed by atoms with E-state index in [1.54, 1.807) is 0 Å². The smallest absolute Gasteiger partial charge is 0.233 e. The molecule has 0 fully saturated rings. The van der Waals surface area contributed by atoms with Gasteiger partial charge < -0.3 is 5.73 Å². The van der Waals surface area contributed by atoms with E-state index in [2.05, 4.69) is 19.3 Å². The molecule has 0 heterocycles. The first-order valence-corrected chi connectivity index (χ1v) is 6.01. The maximum atomic E-state index is 10.8. The molecule has 5 heteroatoms. The Bertz CT molecular complexity index is 166. The second kappa shape index (κ2) is 8.08. The number of hydrazine groups is 1. The molecule has 0 aliphatic rings. The Morgan fingerprint density at radius 3 is 2.71 bits per heavy atom. The molecule has 0 radical (unpaired) electrons. The SMILES string of the molecule is CCC(N)CSC(C)CCC(=O)NN. The molecule has 0 aromatic heterocycles. The molecule has 0 aliphatic heterocycles. The summed E-state index contributed by atoms with van der Waals surface area (Å²) in [6.07, 6.45) is 2.35. The van der Waals surface area contributed by atoms with Crippen LogP contribution in [-0.4, -0.2) is 23.0 Å². The first-order valence-electron chi connectivity index (χ1n) is 4.96. The largest absolute Gasteiger partial charge is 0.327 e. The molecule has 0 saturated heterocycles. The van der Waals surface area contributed by atoms with Gasteiger partial charge in [-0.15, -0.1) is 0 Å². The Morgan fingerprint density at radius 2 is 2.21 bits per heavy atom. The average molecular weight is 219 g/mol. The van der Waals surface area contributed by atoms with Crippen LogP contribution in [0.3, 0.4) is 0 Å². The third-order valence-corrected chi connectivity index (χ3v) is 3.48. The number of carbonyl (C=O) groups excluding carboxylic acids is 1. The second-order valence-electron chi connectivity index (χ2n) is 3.42. The van der Waals surface area contributed by atoms with Crippen molar-refractivity contribution in [3.05, 3.63) is 0 Å². The van der Waals surface area contributed by atoms with Gasteiger partial charge in [0.25, 0.3) is 0 Å². The van der Waals surface area contributed by atoms with Gasteiger partial charge in [-0.25, -0.2) is 5.84 Å². The van der Waals surface area contributed by atoms with Crippen molar-refractivity contribution in [3.63, 3.8) is 0 Å². The van der Waals surface area contributed by atoms with E-state index in [-0.39, 0.29) is 11.9 Å². The highest BCUT2D eigenvalue weighted by Gasteiger charge is 2.07. The van der Waals surface area contributed by atoms with Crippen LogP contribution in [0.15, 0.2) is 0 Å². The summed E-state index contributed by atoms with van der Waals surface area (Å²) in [4.78, 5) is 10.8. The van der Waals surface area contributed by atoms with Gasteiger partial charge in [-0.1, -0.05) is 13.8 Å². The van der Waals surface area contributed by atoms with Crippen LogP contribution in [0.1, 0.15) is 33.1 Å². The van der Waals surface area contributed by atoms with Crippen LogP contribution in [0.5, 0.6) is 0 Å². The third-order valence-electron chi connectivity index (χ3n) is 2.06. The van der Waals surface area contributed by atoms with Gasteiger partial charge in [0.15, 0.2) is 0 Å². The van der Waals surface area contributed by atoms with Crippen molar-refractivity contribution in [2.45, 2.75) is 44.4 Å². The highest BCUT2D eigenvalue weighted by atomic mass is 32.2. The number of amides is 1. The van der Waals surface area contributed by atoms with Gasteiger partial charge in [0.1, 0.15) is 0 Å². The number of thioether (sulfide) groups is 1. The first-order chi connectivity index (χ1) is 6.60. The highest BCUT2D eigenvalue weighted by Crippen LogP contribution is 2.16. The normalized spacial score (nSPS) is 14.9. The summed E-state index contributed by atoms with van der Waals surface area (Å²) < 4.78 is 0. The molecular weight excluding hydrogens is 198 g/mol. The fraction of sp³-hybridized carbons (Fsp3) is 0.889. The summed E-state index contributed by atoms with van der Waals surface area (Å²) in [6.45, 7) is 4.19. The fourth-order valence-corrected chi connectivity index (χ4v) is 1.99. The van der Waals surface area contributed by atoms with Gasteiger partial charge >= 0.3 is 0 Å². The van der Waals surface area contributed by atoms with E-state index < -0.39 is 0 Å². The van der Waals surface area contributed by atoms with Gasteiger partial charge in [0, 0.05) is 23.5 Å². The molecule has 0 aromatic rings. The molecule has 0 saturated carbocycles. The van der Waals surface area contributed by atoms with Crippen LogP contribution in [0.25, 0.3) is 0 Å². The Kier molecular flexibility index (Phi) is 7.93. The van der Waals surface area contributed by atoms with Crippen LogP contribution in [0.4, 0.5) is 0 Å². The van der Waals surface area contributed by atoms with E-state index >= 15 is 0 Å². The van der Waals surface area contributed by atoms with Crippen molar-refractivity contribution >= 4 is 17.7 Å². The molecule has 0 bridgehead atoms. The number of carbonyl (C=O) groups is 1. The fourth-order valence-electron chi connectivity index (χ4n) is 0.896. The molecule has 5 N–H and O–H groups in total. The van der Waals surface area contributed by atoms with E-state index in [4.69, 9.17) is 11.6 Å². The number of nitrogens with one attached hydrogen (secondary N) is 1. The van der Waals surface area contributed by atoms with Gasteiger partial charge in [0.05, 0.1) is 0 Å². The Hall–Kier alpha value is -0.260. The zero-order chi connectivity index (χ0) is 11.0. The molecule has 0 aromatic carbocycles. The maximum Gasteiger partial charge on any atom is 0.233 e. The zero-order valence-electron chi connectivity index (χ0n) is 8.95. The van der Waals surface area contributed by atoms with Gasteiger partial charge in [-0.2, -0.15) is 11.8 Å². The summed E-state index contributed by atoms with van der Waals surface area (Å²) in [5.41, 5.74) is 7.91. The first kappa shape index (κ1) is 13.7. The Labute approximate surface area is 90.1 Å². The number of hydrogen-bond acceptors (Lipinski definition) is 4. The van der Waals surface area contributed by atoms with Crippen LogP contribution in [-0.2, 0) is 4.79 Å². The van der Waals surface area contributed by atoms with E-state index in [9.17, 15) is 4.79 Å². The molecular formula is C9H21N3OS. The summed E-state index contributed by atoms with van der Waals surface area (Å²) in [7, 11) is 0. The predicted octanol–water partition coefficient (Wildman–Crippen LogP) is 0.616. The summed E-state index contributed by atoms with van der Waals surface area (Å²) in [5, 5.41) is 0.463. The van der Waals surface area contributed by atoms with E-state index in [0.717, 1.165) is 18.6 Å². The van der Waals surface area contributed by atoms with Crippen molar-refractivity contribution in [2.75, 3.05) is 5.75 Å². The molecule has 84 valence electrons. The summed E-state index contributed by atoms with van der Waals surface area (Å²) in [5.74, 6) is 5.84. The lowest BCUT2D eigenvalue weighted by Crippen LogP contribution is -2.30. The highest BCUT2D eigenvalue weighted by molar-refractivity contribution is 7.99. The quantitative estimate of drug-likeness (QED) is 0.333. The lowest BCUT2D eigenvalue weighted by atomic mass is 10.2. The van der Waals surface area contributed by atoms with Crippen molar-refractivity contribution in [1.82, 2.24) is 5.43 Å². The lowest BCUT2D eigenvalue weighted by molar-refractivity contribution is -0.121. The minimum atomic E-state index is -0.0998. The van der Waals surface area contributed by atoms with E-state index in [0.29, 0.717) is 11.7 Å². The predicted molar refractivity (Wildman–Crippen MR) is 61.8 cm³/mol. The van der Waals surface area contributed by atoms with Crippen molar-refractivity contribution in [2.24, 2.45) is 11.6 Å². The average Bonchev–Trinajstić information content (AvgIpc) is 2.22. The van der Waals surface area contributed by atoms with Gasteiger partial charge in [-0.05, 0) is 12.8 Å². The molecule has 0 aliphatic carbocycles. The Morgan fingerprint density at radius 1 is 1.57 bits per heavy atom. The van der Waals surface area contributed by atoms with Crippen molar-refractivity contribution in [3.8, 4) is 0 Å². The summed E-state index contributed by atoms with van der Waals surface area (Å²) in [6, 6.07) is 0.269. The molecule has 0 rings (SSSR count). The number of rotatable bonds is 7. The van der Waals surface area contributed by atoms with Crippen LogP contribution < -0.4 is 17.0 Å². The van der Waals surface area contributed by atoms with Crippen LogP contribution in [0, 0.1) is 0 Å². The molecule has 2 unspecified atom stereocenters. The topological polar surface area (TPSA) is 81.1 Å². The molecule has 0 spiro atoms. The number of hydrogen-bond donors (Lipinski definition) is 3. The van der Waals surface area contributed by atoms with Crippen molar-refractivity contribution in [1.29, 1.82) is 0 Å². The molecule has 1 amide bonds. The lowest BCUT2D eigenvalue weighted by Gasteiger charge is -2.13. The zero-order valence-corrected chi connectivity index (χ0v) is 9.77. The van der Waals surface area contributed by atoms with E-state index in [1.807, 2.05) is 11.8 Å². The number of nitrogens with two attached hydrogens (primary N) is 2. The third kappa shape index (κ3) is 7.17. The Balaban J connectivity index is 3.45. The van der Waals surface area contributed by atoms with Crippen LogP contribution in [0.2, 0.25) is 0 Å². The minimum absolute atomic E-state index is 0.0998. The molecule has 2 atom stereocenters. The van der Waals surface area contributed by atoms with Crippen molar-refractivity contribution < 1.29 is 4.79 Å². The molecule has 4 nitrogen and oxygen atoms in total. The minimum Gasteiger partial charge on any atom is -0.327 e. The summed E-state index contributed by atoms with van der Waals surface area (Å²) >= 11 is 1.82. The standard InChI is InChI=1S/C9H21N3OS/c1-3-8(10)6-14-7(2)4-5-9(13)12-11/h7-8H,3-6,10-11H2,1-2H3,(H,12,13). The van der Waals surface area contributed by atoms with Crippen LogP contribution >= 0.6 is 11.8 Å². The monoisotopic (exact) mass is 219 g/mol.